The van der Waals surface area contributed by atoms with Crippen molar-refractivity contribution in [1.29, 1.82) is 0 Å². The summed E-state index contributed by atoms with van der Waals surface area (Å²) in [6, 6.07) is 12.0. The van der Waals surface area contributed by atoms with Crippen molar-refractivity contribution in [1.82, 2.24) is 10.2 Å². The van der Waals surface area contributed by atoms with Crippen LogP contribution in [0.25, 0.3) is 11.1 Å². The van der Waals surface area contributed by atoms with Gasteiger partial charge in [-0.05, 0) is 72.6 Å². The third-order valence-corrected chi connectivity index (χ3v) is 7.33. The smallest absolute Gasteiger partial charge is 0.256 e. The van der Waals surface area contributed by atoms with Gasteiger partial charge in [0, 0.05) is 37.9 Å². The molecule has 31 heavy (non-hydrogen) atoms. The Morgan fingerprint density at radius 1 is 0.935 bits per heavy atom. The van der Waals surface area contributed by atoms with Crippen LogP contribution in [-0.4, -0.2) is 43.0 Å². The van der Waals surface area contributed by atoms with Gasteiger partial charge in [-0.15, -0.1) is 0 Å². The number of aryl methyl sites for hydroxylation is 1. The lowest BCUT2D eigenvalue weighted by molar-refractivity contribution is 0.0731. The first kappa shape index (κ1) is 20.5. The molecule has 1 unspecified atom stereocenters. The van der Waals surface area contributed by atoms with E-state index < -0.39 is 5.82 Å². The maximum absolute atomic E-state index is 14.9. The fourth-order valence-electron chi connectivity index (χ4n) is 5.50. The molecular weight excluding hydrogens is 389 g/mol. The number of benzene rings is 2. The van der Waals surface area contributed by atoms with Gasteiger partial charge >= 0.3 is 0 Å². The Morgan fingerprint density at radius 2 is 1.68 bits per heavy atom. The number of carbonyl (C=O) groups is 1. The summed E-state index contributed by atoms with van der Waals surface area (Å²) in [5, 5.41) is 7.01. The minimum Gasteiger partial charge on any atom is -0.382 e. The summed E-state index contributed by atoms with van der Waals surface area (Å²) >= 11 is 0. The second-order valence-corrected chi connectivity index (χ2v) is 9.30. The monoisotopic (exact) mass is 421 g/mol. The summed E-state index contributed by atoms with van der Waals surface area (Å²) in [5.41, 5.74) is 4.55. The molecule has 2 fully saturated rings. The fourth-order valence-corrected chi connectivity index (χ4v) is 5.50. The molecule has 2 aromatic rings. The highest BCUT2D eigenvalue weighted by molar-refractivity contribution is 5.95. The number of piperazine rings is 1. The van der Waals surface area contributed by atoms with E-state index in [1.165, 1.54) is 55.8 Å². The topological polar surface area (TPSA) is 44.4 Å². The van der Waals surface area contributed by atoms with Gasteiger partial charge < -0.3 is 15.5 Å². The van der Waals surface area contributed by atoms with Gasteiger partial charge in [0.1, 0.15) is 5.82 Å². The molecule has 1 atom stereocenters. The zero-order valence-electron chi connectivity index (χ0n) is 18.1. The van der Waals surface area contributed by atoms with Crippen LogP contribution in [0, 0.1) is 11.7 Å². The number of nitrogens with one attached hydrogen (secondary N) is 2. The van der Waals surface area contributed by atoms with Gasteiger partial charge in [0.25, 0.3) is 5.91 Å². The van der Waals surface area contributed by atoms with Crippen LogP contribution in [0.3, 0.4) is 0 Å². The normalized spacial score (nSPS) is 22.0. The molecule has 5 rings (SSSR count). The van der Waals surface area contributed by atoms with Crippen LogP contribution in [0.15, 0.2) is 36.4 Å². The van der Waals surface area contributed by atoms with E-state index in [0.717, 1.165) is 36.6 Å². The molecule has 3 aliphatic rings. The van der Waals surface area contributed by atoms with E-state index in [1.54, 1.807) is 11.0 Å². The van der Waals surface area contributed by atoms with Crippen molar-refractivity contribution in [2.45, 2.75) is 51.0 Å². The molecule has 0 aromatic heterocycles. The standard InChI is InChI=1S/C26H32FN3O/c27-23-17-20(6-9-22(23)26(31)30-14-12-28-13-15-30)19-7-10-25-21(16-19)8-11-24(29-25)18-4-2-1-3-5-18/h6-7,9-10,16-18,24,28-29H,1-5,8,11-15H2. The fraction of sp³-hybridized carbons (Fsp3) is 0.500. The zero-order chi connectivity index (χ0) is 21.2. The number of fused-ring (bicyclic) bond motifs is 1. The molecule has 0 spiro atoms. The highest BCUT2D eigenvalue weighted by atomic mass is 19.1. The molecule has 1 aliphatic carbocycles. The van der Waals surface area contributed by atoms with Gasteiger partial charge in [-0.1, -0.05) is 31.4 Å². The summed E-state index contributed by atoms with van der Waals surface area (Å²) in [6.07, 6.45) is 9.07. The predicted molar refractivity (Wildman–Crippen MR) is 123 cm³/mol. The first-order valence-corrected chi connectivity index (χ1v) is 11.9. The van der Waals surface area contributed by atoms with E-state index in [-0.39, 0.29) is 11.5 Å². The third kappa shape index (κ3) is 4.33. The van der Waals surface area contributed by atoms with Crippen LogP contribution in [-0.2, 0) is 6.42 Å². The lowest BCUT2D eigenvalue weighted by atomic mass is 9.80. The SMILES string of the molecule is O=C(c1ccc(-c2ccc3c(c2)CCC(C2CCCCC2)N3)cc1F)N1CCNCC1. The molecule has 4 nitrogen and oxygen atoms in total. The first-order valence-electron chi connectivity index (χ1n) is 11.9. The number of hydrogen-bond donors (Lipinski definition) is 2. The number of halogens is 1. The van der Waals surface area contributed by atoms with Gasteiger partial charge in [0.05, 0.1) is 5.56 Å². The predicted octanol–water partition coefficient (Wildman–Crippen LogP) is 4.85. The van der Waals surface area contributed by atoms with Gasteiger partial charge in [-0.2, -0.15) is 0 Å². The molecule has 2 N–H and O–H groups in total. The largest absolute Gasteiger partial charge is 0.382 e. The molecule has 164 valence electrons. The quantitative estimate of drug-likeness (QED) is 0.745. The molecule has 5 heteroatoms. The van der Waals surface area contributed by atoms with Gasteiger partial charge in [-0.25, -0.2) is 4.39 Å². The Morgan fingerprint density at radius 3 is 2.45 bits per heavy atom. The van der Waals surface area contributed by atoms with E-state index in [1.807, 2.05) is 6.07 Å². The summed E-state index contributed by atoms with van der Waals surface area (Å²) in [5.74, 6) is 0.152. The average Bonchev–Trinajstić information content (AvgIpc) is 2.84. The van der Waals surface area contributed by atoms with Crippen LogP contribution >= 0.6 is 0 Å². The highest BCUT2D eigenvalue weighted by Gasteiger charge is 2.27. The molecule has 2 heterocycles. The number of amides is 1. The second-order valence-electron chi connectivity index (χ2n) is 9.30. The van der Waals surface area contributed by atoms with Crippen LogP contribution < -0.4 is 10.6 Å². The van der Waals surface area contributed by atoms with Gasteiger partial charge in [0.15, 0.2) is 0 Å². The minimum absolute atomic E-state index is 0.167. The molecule has 0 bridgehead atoms. The first-order chi connectivity index (χ1) is 15.2. The number of carbonyl (C=O) groups excluding carboxylic acids is 1. The van der Waals surface area contributed by atoms with Crippen LogP contribution in [0.4, 0.5) is 10.1 Å². The van der Waals surface area contributed by atoms with Crippen molar-refractivity contribution in [2.24, 2.45) is 5.92 Å². The summed E-state index contributed by atoms with van der Waals surface area (Å²) < 4.78 is 14.9. The van der Waals surface area contributed by atoms with E-state index in [0.29, 0.717) is 19.1 Å². The maximum Gasteiger partial charge on any atom is 0.256 e. The van der Waals surface area contributed by atoms with Crippen LogP contribution in [0.2, 0.25) is 0 Å². The summed E-state index contributed by atoms with van der Waals surface area (Å²) in [6.45, 7) is 2.77. The Labute approximate surface area is 184 Å². The van der Waals surface area contributed by atoms with Gasteiger partial charge in [-0.3, -0.25) is 4.79 Å². The Balaban J connectivity index is 1.32. The van der Waals surface area contributed by atoms with Crippen molar-refractivity contribution in [3.8, 4) is 11.1 Å². The number of nitrogens with zero attached hydrogens (tertiary/aromatic N) is 1. The molecule has 2 aromatic carbocycles. The van der Waals surface area contributed by atoms with E-state index in [4.69, 9.17) is 0 Å². The maximum atomic E-state index is 14.9. The van der Waals surface area contributed by atoms with Crippen LogP contribution in [0.5, 0.6) is 0 Å². The molecule has 0 radical (unpaired) electrons. The van der Waals surface area contributed by atoms with Crippen molar-refractivity contribution in [2.75, 3.05) is 31.5 Å². The van der Waals surface area contributed by atoms with Crippen molar-refractivity contribution in [3.63, 3.8) is 0 Å². The minimum atomic E-state index is -0.436. The highest BCUT2D eigenvalue weighted by Crippen LogP contribution is 2.36. The van der Waals surface area contributed by atoms with Crippen LogP contribution in [0.1, 0.15) is 54.4 Å². The third-order valence-electron chi connectivity index (χ3n) is 7.33. The summed E-state index contributed by atoms with van der Waals surface area (Å²) in [4.78, 5) is 14.4. The lowest BCUT2D eigenvalue weighted by Crippen LogP contribution is -2.46. The Kier molecular flexibility index (Phi) is 5.95. The second kappa shape index (κ2) is 8.99. The molecule has 2 aliphatic heterocycles. The van der Waals surface area contributed by atoms with Gasteiger partial charge in [0.2, 0.25) is 0 Å². The molecular formula is C26H32FN3O. The lowest BCUT2D eigenvalue weighted by Gasteiger charge is -2.35. The number of hydrogen-bond acceptors (Lipinski definition) is 3. The van der Waals surface area contributed by atoms with E-state index in [2.05, 4.69) is 28.8 Å². The van der Waals surface area contributed by atoms with Crippen molar-refractivity contribution < 1.29 is 9.18 Å². The molecule has 1 saturated heterocycles. The zero-order valence-corrected chi connectivity index (χ0v) is 18.1. The van der Waals surface area contributed by atoms with E-state index in [9.17, 15) is 9.18 Å². The number of anilines is 1. The molecule has 1 amide bonds. The number of rotatable bonds is 3. The summed E-state index contributed by atoms with van der Waals surface area (Å²) in [7, 11) is 0. The van der Waals surface area contributed by atoms with Crippen molar-refractivity contribution in [3.05, 3.63) is 53.3 Å². The van der Waals surface area contributed by atoms with E-state index >= 15 is 0 Å². The Bertz CT molecular complexity index is 948. The average molecular weight is 422 g/mol. The Hall–Kier alpha value is -2.40. The molecule has 1 saturated carbocycles. The van der Waals surface area contributed by atoms with Crippen molar-refractivity contribution >= 4 is 11.6 Å².